The van der Waals surface area contributed by atoms with E-state index in [9.17, 15) is 0 Å². The number of fused-ring (bicyclic) bond motifs is 4. The van der Waals surface area contributed by atoms with E-state index in [1.165, 1.54) is 63.8 Å². The van der Waals surface area contributed by atoms with E-state index in [4.69, 9.17) is 0 Å². The van der Waals surface area contributed by atoms with Gasteiger partial charge in [-0.05, 0) is 48.6 Å². The van der Waals surface area contributed by atoms with E-state index in [2.05, 4.69) is 145 Å². The van der Waals surface area contributed by atoms with E-state index in [-0.39, 0.29) is 0 Å². The molecule has 0 atom stereocenters. The SMILES string of the molecule is C[n+]1c2ccccc2c(/C=c2/cc/c(=C\c3c4ccccc4[n+](C)c4ccccc34)s2)c2ccccc21. The maximum atomic E-state index is 2.36. The summed E-state index contributed by atoms with van der Waals surface area (Å²) in [5.41, 5.74) is 7.52. The molecule has 0 N–H and O–H groups in total. The van der Waals surface area contributed by atoms with Crippen LogP contribution in [0.2, 0.25) is 0 Å². The number of aryl methyl sites for hydroxylation is 2. The van der Waals surface area contributed by atoms with Crippen molar-refractivity contribution in [3.63, 3.8) is 0 Å². The number of para-hydroxylation sites is 4. The quantitative estimate of drug-likeness (QED) is 0.216. The first-order chi connectivity index (χ1) is 18.2. The van der Waals surface area contributed by atoms with Gasteiger partial charge in [0.15, 0.2) is 0 Å². The Balaban J connectivity index is 1.48. The monoisotopic (exact) mass is 494 g/mol. The van der Waals surface area contributed by atoms with Gasteiger partial charge in [0.1, 0.15) is 14.1 Å². The lowest BCUT2D eigenvalue weighted by Crippen LogP contribution is -2.30. The lowest BCUT2D eigenvalue weighted by atomic mass is 10.0. The van der Waals surface area contributed by atoms with Crippen molar-refractivity contribution in [2.45, 2.75) is 0 Å². The molecule has 0 spiro atoms. The van der Waals surface area contributed by atoms with Gasteiger partial charge in [0.2, 0.25) is 22.1 Å². The van der Waals surface area contributed by atoms with Crippen LogP contribution in [-0.2, 0) is 14.1 Å². The van der Waals surface area contributed by atoms with Crippen LogP contribution in [0, 0.1) is 0 Å². The molecule has 7 aromatic rings. The average Bonchev–Trinajstić information content (AvgIpc) is 3.40. The fraction of sp³-hybridized carbons (Fsp3) is 0.0588. The minimum atomic E-state index is 1.24. The van der Waals surface area contributed by atoms with Gasteiger partial charge in [-0.15, -0.1) is 11.3 Å². The Labute approximate surface area is 219 Å². The molecule has 0 fully saturated rings. The van der Waals surface area contributed by atoms with Crippen molar-refractivity contribution in [3.05, 3.63) is 129 Å². The van der Waals surface area contributed by atoms with Gasteiger partial charge in [-0.25, -0.2) is 0 Å². The molecule has 0 unspecified atom stereocenters. The molecule has 2 nitrogen and oxygen atoms in total. The van der Waals surface area contributed by atoms with Gasteiger partial charge >= 0.3 is 0 Å². The second kappa shape index (κ2) is 8.65. The zero-order valence-electron chi connectivity index (χ0n) is 20.8. The first-order valence-corrected chi connectivity index (χ1v) is 13.4. The zero-order valence-corrected chi connectivity index (χ0v) is 21.7. The number of thiophene rings is 1. The molecule has 0 bridgehead atoms. The highest BCUT2D eigenvalue weighted by Gasteiger charge is 2.17. The van der Waals surface area contributed by atoms with Gasteiger partial charge in [0.05, 0.1) is 21.5 Å². The summed E-state index contributed by atoms with van der Waals surface area (Å²) in [5.74, 6) is 0. The highest BCUT2D eigenvalue weighted by Crippen LogP contribution is 2.26. The molecule has 0 amide bonds. The normalized spacial score (nSPS) is 12.9. The molecule has 3 aromatic heterocycles. The Morgan fingerprint density at radius 2 is 0.730 bits per heavy atom. The molecular weight excluding hydrogens is 468 g/mol. The summed E-state index contributed by atoms with van der Waals surface area (Å²) in [4.78, 5) is 0. The Morgan fingerprint density at radius 3 is 1.05 bits per heavy atom. The van der Waals surface area contributed by atoms with Crippen molar-refractivity contribution < 1.29 is 9.13 Å². The average molecular weight is 495 g/mol. The number of rotatable bonds is 2. The molecule has 0 radical (unpaired) electrons. The Morgan fingerprint density at radius 1 is 0.432 bits per heavy atom. The first-order valence-electron chi connectivity index (χ1n) is 12.6. The summed E-state index contributed by atoms with van der Waals surface area (Å²) in [7, 11) is 4.31. The smallest absolute Gasteiger partial charge is 0.194 e. The highest BCUT2D eigenvalue weighted by atomic mass is 32.1. The largest absolute Gasteiger partial charge is 0.213 e. The predicted octanol–water partition coefficient (Wildman–Crippen LogP) is 5.67. The second-order valence-corrected chi connectivity index (χ2v) is 10.7. The van der Waals surface area contributed by atoms with Gasteiger partial charge in [-0.2, -0.15) is 9.13 Å². The summed E-state index contributed by atoms with van der Waals surface area (Å²) in [6, 6.07) is 39.3. The minimum absolute atomic E-state index is 1.24. The summed E-state index contributed by atoms with van der Waals surface area (Å²) in [5, 5.41) is 5.09. The van der Waals surface area contributed by atoms with E-state index in [0.29, 0.717) is 0 Å². The molecule has 7 rings (SSSR count). The third kappa shape index (κ3) is 3.54. The molecule has 0 saturated heterocycles. The molecule has 0 aliphatic heterocycles. The molecule has 4 aromatic carbocycles. The van der Waals surface area contributed by atoms with E-state index >= 15 is 0 Å². The van der Waals surface area contributed by atoms with Crippen LogP contribution in [-0.4, -0.2) is 0 Å². The second-order valence-electron chi connectivity index (χ2n) is 9.54. The Kier molecular flexibility index (Phi) is 5.12. The molecule has 37 heavy (non-hydrogen) atoms. The maximum Gasteiger partial charge on any atom is 0.213 e. The molecule has 3 heterocycles. The van der Waals surface area contributed by atoms with Crippen molar-refractivity contribution in [1.82, 2.24) is 0 Å². The Hall–Kier alpha value is -4.34. The van der Waals surface area contributed by atoms with Gasteiger partial charge in [0.25, 0.3) is 0 Å². The molecule has 3 heteroatoms. The molecular formula is C34H26N2S+2. The number of hydrogen-bond acceptors (Lipinski definition) is 1. The molecule has 0 saturated carbocycles. The van der Waals surface area contributed by atoms with Gasteiger partial charge in [-0.3, -0.25) is 0 Å². The number of nitrogens with zero attached hydrogens (tertiary/aromatic N) is 2. The number of pyridine rings is 2. The molecule has 0 aliphatic rings. The maximum absolute atomic E-state index is 2.36. The van der Waals surface area contributed by atoms with Crippen LogP contribution >= 0.6 is 11.3 Å². The van der Waals surface area contributed by atoms with E-state index in [0.717, 1.165) is 0 Å². The number of hydrogen-bond donors (Lipinski definition) is 0. The third-order valence-corrected chi connectivity index (χ3v) is 8.42. The standard InChI is InChI=1S/C34H26N2S/c1-35-31-15-7-3-11-25(31)29(26-12-4-8-16-32(26)35)21-23-19-20-24(37-23)22-30-27-13-5-9-17-33(27)36(2)34-18-10-6-14-28(30)34/h3-22H,1-2H3/q+2/b23-21-,24-22+. The highest BCUT2D eigenvalue weighted by molar-refractivity contribution is 7.07. The van der Waals surface area contributed by atoms with Crippen LogP contribution in [0.3, 0.4) is 0 Å². The van der Waals surface area contributed by atoms with E-state index in [1.807, 2.05) is 11.3 Å². The summed E-state index contributed by atoms with van der Waals surface area (Å²) in [6.07, 6.45) is 4.71. The lowest BCUT2D eigenvalue weighted by molar-refractivity contribution is -0.617. The summed E-state index contributed by atoms with van der Waals surface area (Å²) >= 11 is 1.84. The van der Waals surface area contributed by atoms with Gasteiger partial charge in [0, 0.05) is 44.5 Å². The van der Waals surface area contributed by atoms with Crippen molar-refractivity contribution in [2.24, 2.45) is 14.1 Å². The lowest BCUT2D eigenvalue weighted by Gasteiger charge is -2.06. The van der Waals surface area contributed by atoms with Crippen LogP contribution in [0.15, 0.2) is 109 Å². The van der Waals surface area contributed by atoms with Crippen LogP contribution in [0.5, 0.6) is 0 Å². The van der Waals surface area contributed by atoms with E-state index < -0.39 is 0 Å². The first kappa shape index (κ1) is 21.9. The summed E-state index contributed by atoms with van der Waals surface area (Å²) < 4.78 is 7.10. The topological polar surface area (TPSA) is 7.76 Å². The summed E-state index contributed by atoms with van der Waals surface area (Å²) in [6.45, 7) is 0. The van der Waals surface area contributed by atoms with Crippen LogP contribution in [0.4, 0.5) is 0 Å². The van der Waals surface area contributed by atoms with Gasteiger partial charge < -0.3 is 0 Å². The zero-order chi connectivity index (χ0) is 24.9. The Bertz CT molecular complexity index is 1850. The van der Waals surface area contributed by atoms with Crippen molar-refractivity contribution in [1.29, 1.82) is 0 Å². The van der Waals surface area contributed by atoms with Crippen LogP contribution < -0.4 is 18.2 Å². The minimum Gasteiger partial charge on any atom is -0.194 e. The fourth-order valence-corrected chi connectivity index (χ4v) is 6.54. The van der Waals surface area contributed by atoms with Crippen LogP contribution in [0.1, 0.15) is 11.1 Å². The fourth-order valence-electron chi connectivity index (χ4n) is 5.64. The van der Waals surface area contributed by atoms with Crippen LogP contribution in [0.25, 0.3) is 55.8 Å². The third-order valence-electron chi connectivity index (χ3n) is 7.44. The van der Waals surface area contributed by atoms with Crippen molar-refractivity contribution in [2.75, 3.05) is 0 Å². The van der Waals surface area contributed by atoms with E-state index in [1.54, 1.807) is 0 Å². The molecule has 176 valence electrons. The number of aromatic nitrogens is 2. The van der Waals surface area contributed by atoms with Crippen molar-refractivity contribution >= 4 is 67.1 Å². The van der Waals surface area contributed by atoms with Gasteiger partial charge in [-0.1, -0.05) is 48.5 Å². The predicted molar refractivity (Wildman–Crippen MR) is 156 cm³/mol. The van der Waals surface area contributed by atoms with Crippen molar-refractivity contribution in [3.8, 4) is 0 Å². The molecule has 0 aliphatic carbocycles. The number of benzene rings is 4.